The molecule has 8 heteroatoms. The monoisotopic (exact) mass is 355 g/mol. The normalized spacial score (nSPS) is 12.4. The standard InChI is InChI=1S/C19H13N7O/c20-19(27)18-12-3-1-10(21-12)9-11-2-5-14(22-11)24-16-7-8-17(26-16)25-15-6-4-13(18)23-15/h1-9,21H,(H2,20,27)(H,22,23,24,25,26). The van der Waals surface area contributed by atoms with E-state index in [1.807, 2.05) is 24.3 Å². The van der Waals surface area contributed by atoms with Crippen LogP contribution in [0.2, 0.25) is 0 Å². The molecule has 0 fully saturated rings. The number of rotatable bonds is 1. The molecule has 0 atom stereocenters. The number of fused-ring (bicyclic) bond motifs is 8. The maximum Gasteiger partial charge on any atom is 0.253 e. The fraction of sp³-hybridized carbons (Fsp3) is 0. The number of nitrogens with two attached hydrogens (primary N) is 1. The Labute approximate surface area is 152 Å². The van der Waals surface area contributed by atoms with Crippen molar-refractivity contribution in [2.24, 2.45) is 5.73 Å². The zero-order valence-electron chi connectivity index (χ0n) is 14.0. The first-order valence-electron chi connectivity index (χ1n) is 8.25. The maximum atomic E-state index is 12.1. The van der Waals surface area contributed by atoms with Gasteiger partial charge in [-0.3, -0.25) is 4.79 Å². The number of nitrogens with zero attached hydrogens (tertiary/aromatic N) is 4. The number of aromatic nitrogens is 6. The Bertz CT molecular complexity index is 1310. The minimum absolute atomic E-state index is 0.307. The van der Waals surface area contributed by atoms with Crippen molar-refractivity contribution in [1.82, 2.24) is 29.9 Å². The molecular weight excluding hydrogens is 342 g/mol. The number of hydrogen-bond acceptors (Lipinski definition) is 5. The average Bonchev–Trinajstić information content (AvgIpc) is 3.39. The minimum atomic E-state index is -0.566. The Morgan fingerprint density at radius 1 is 0.778 bits per heavy atom. The zero-order chi connectivity index (χ0) is 18.4. The Kier molecular flexibility index (Phi) is 3.23. The van der Waals surface area contributed by atoms with E-state index in [9.17, 15) is 4.79 Å². The number of nitrogens with one attached hydrogen (secondary N) is 2. The van der Waals surface area contributed by atoms with Gasteiger partial charge in [-0.05, 0) is 54.6 Å². The van der Waals surface area contributed by atoms with E-state index in [4.69, 9.17) is 5.73 Å². The second-order valence-electron chi connectivity index (χ2n) is 6.08. The van der Waals surface area contributed by atoms with Gasteiger partial charge in [0.2, 0.25) is 0 Å². The van der Waals surface area contributed by atoms with Crippen molar-refractivity contribution >= 4 is 52.4 Å². The molecule has 0 aromatic carbocycles. The molecule has 8 bridgehead atoms. The topological polar surface area (TPSA) is 126 Å². The second kappa shape index (κ2) is 5.73. The van der Waals surface area contributed by atoms with Crippen LogP contribution in [0.4, 0.5) is 0 Å². The SMILES string of the molecule is NC(=O)c1c2nc(nc3nc(nc4ccc(cc5ccc1[nH]5)[nH]4)C=C3)C=C2. The number of aromatic amines is 2. The molecule has 3 aromatic heterocycles. The van der Waals surface area contributed by atoms with Crippen molar-refractivity contribution in [3.8, 4) is 0 Å². The van der Waals surface area contributed by atoms with Gasteiger partial charge in [0, 0.05) is 11.0 Å². The number of primary amides is 1. The van der Waals surface area contributed by atoms with Gasteiger partial charge in [-0.25, -0.2) is 19.9 Å². The Balaban J connectivity index is 1.91. The molecule has 4 N–H and O–H groups in total. The summed E-state index contributed by atoms with van der Waals surface area (Å²) < 4.78 is 0. The van der Waals surface area contributed by atoms with Crippen LogP contribution in [0.1, 0.15) is 33.5 Å². The lowest BCUT2D eigenvalue weighted by molar-refractivity contribution is 0.100. The highest BCUT2D eigenvalue weighted by Crippen LogP contribution is 2.19. The molecule has 0 saturated carbocycles. The van der Waals surface area contributed by atoms with Crippen LogP contribution in [0.25, 0.3) is 46.5 Å². The lowest BCUT2D eigenvalue weighted by atomic mass is 10.2. The summed E-state index contributed by atoms with van der Waals surface area (Å²) in [5, 5.41) is 0. The summed E-state index contributed by atoms with van der Waals surface area (Å²) in [5.74, 6) is 0.920. The van der Waals surface area contributed by atoms with E-state index in [0.717, 1.165) is 11.0 Å². The highest BCUT2D eigenvalue weighted by atomic mass is 16.1. The molecule has 8 nitrogen and oxygen atoms in total. The largest absolute Gasteiger partial charge is 0.365 e. The minimum Gasteiger partial charge on any atom is -0.365 e. The summed E-state index contributed by atoms with van der Waals surface area (Å²) in [7, 11) is 0. The van der Waals surface area contributed by atoms with Gasteiger partial charge in [-0.1, -0.05) is 0 Å². The van der Waals surface area contributed by atoms with Gasteiger partial charge < -0.3 is 15.7 Å². The van der Waals surface area contributed by atoms with Gasteiger partial charge in [-0.15, -0.1) is 0 Å². The molecule has 130 valence electrons. The lowest BCUT2D eigenvalue weighted by Gasteiger charge is -1.96. The van der Waals surface area contributed by atoms with E-state index in [2.05, 4.69) is 29.9 Å². The van der Waals surface area contributed by atoms with Crippen LogP contribution in [-0.2, 0) is 0 Å². The molecule has 0 spiro atoms. The van der Waals surface area contributed by atoms with E-state index < -0.39 is 5.91 Å². The molecule has 2 aliphatic rings. The van der Waals surface area contributed by atoms with Crippen LogP contribution in [0.3, 0.4) is 0 Å². The highest BCUT2D eigenvalue weighted by Gasteiger charge is 2.13. The third-order valence-corrected chi connectivity index (χ3v) is 4.18. The summed E-state index contributed by atoms with van der Waals surface area (Å²) in [5.41, 5.74) is 9.33. The number of carbonyl (C=O) groups is 1. The van der Waals surface area contributed by atoms with E-state index in [0.29, 0.717) is 39.9 Å². The van der Waals surface area contributed by atoms with E-state index in [1.54, 1.807) is 30.4 Å². The Morgan fingerprint density at radius 2 is 1.44 bits per heavy atom. The van der Waals surface area contributed by atoms with Crippen LogP contribution in [0.15, 0.2) is 30.3 Å². The predicted octanol–water partition coefficient (Wildman–Crippen LogP) is 2.54. The maximum absolute atomic E-state index is 12.1. The Morgan fingerprint density at radius 3 is 2.26 bits per heavy atom. The molecule has 0 unspecified atom stereocenters. The summed E-state index contributed by atoms with van der Waals surface area (Å²) in [6, 6.07) is 9.36. The number of amides is 1. The first-order chi connectivity index (χ1) is 13.1. The van der Waals surface area contributed by atoms with Gasteiger partial charge in [0.05, 0.1) is 16.8 Å². The van der Waals surface area contributed by atoms with Gasteiger partial charge in [-0.2, -0.15) is 0 Å². The predicted molar refractivity (Wildman–Crippen MR) is 103 cm³/mol. The summed E-state index contributed by atoms with van der Waals surface area (Å²) in [6.07, 6.45) is 6.97. The molecule has 3 aromatic rings. The van der Waals surface area contributed by atoms with Crippen molar-refractivity contribution in [2.45, 2.75) is 0 Å². The smallest absolute Gasteiger partial charge is 0.253 e. The first kappa shape index (κ1) is 15.2. The van der Waals surface area contributed by atoms with Crippen LogP contribution in [0.5, 0.6) is 0 Å². The van der Waals surface area contributed by atoms with Gasteiger partial charge in [0.1, 0.15) is 5.65 Å². The summed E-state index contributed by atoms with van der Waals surface area (Å²) in [6.45, 7) is 0. The van der Waals surface area contributed by atoms with E-state index >= 15 is 0 Å². The quantitative estimate of drug-likeness (QED) is 0.426. The number of hydrogen-bond donors (Lipinski definition) is 3. The summed E-state index contributed by atoms with van der Waals surface area (Å²) >= 11 is 0. The molecule has 0 radical (unpaired) electrons. The third kappa shape index (κ3) is 2.78. The second-order valence-corrected chi connectivity index (χ2v) is 6.08. The van der Waals surface area contributed by atoms with Crippen molar-refractivity contribution < 1.29 is 4.79 Å². The Hall–Kier alpha value is -4.07. The fourth-order valence-corrected chi connectivity index (χ4v) is 3.01. The van der Waals surface area contributed by atoms with Gasteiger partial charge in [0.15, 0.2) is 17.5 Å². The van der Waals surface area contributed by atoms with Crippen molar-refractivity contribution in [1.29, 1.82) is 0 Å². The molecular formula is C19H13N7O. The number of carbonyl (C=O) groups excluding carboxylic acids is 1. The molecule has 27 heavy (non-hydrogen) atoms. The van der Waals surface area contributed by atoms with E-state index in [-0.39, 0.29) is 0 Å². The van der Waals surface area contributed by atoms with Gasteiger partial charge >= 0.3 is 0 Å². The molecule has 5 heterocycles. The van der Waals surface area contributed by atoms with Crippen LogP contribution < -0.4 is 5.73 Å². The van der Waals surface area contributed by atoms with Gasteiger partial charge in [0.25, 0.3) is 5.91 Å². The third-order valence-electron chi connectivity index (χ3n) is 4.18. The highest BCUT2D eigenvalue weighted by molar-refractivity contribution is 6.03. The van der Waals surface area contributed by atoms with Crippen LogP contribution in [0, 0.1) is 0 Å². The fourth-order valence-electron chi connectivity index (χ4n) is 3.01. The molecule has 0 aliphatic carbocycles. The summed E-state index contributed by atoms with van der Waals surface area (Å²) in [4.78, 5) is 36.1. The average molecular weight is 355 g/mol. The van der Waals surface area contributed by atoms with Crippen LogP contribution >= 0.6 is 0 Å². The molecule has 5 rings (SSSR count). The molecule has 0 saturated heterocycles. The van der Waals surface area contributed by atoms with Crippen molar-refractivity contribution in [3.63, 3.8) is 0 Å². The lowest BCUT2D eigenvalue weighted by Crippen LogP contribution is -2.13. The van der Waals surface area contributed by atoms with E-state index in [1.165, 1.54) is 0 Å². The first-order valence-corrected chi connectivity index (χ1v) is 8.25. The van der Waals surface area contributed by atoms with Crippen molar-refractivity contribution in [2.75, 3.05) is 0 Å². The van der Waals surface area contributed by atoms with Crippen molar-refractivity contribution in [3.05, 3.63) is 59.1 Å². The van der Waals surface area contributed by atoms with Crippen LogP contribution in [-0.4, -0.2) is 35.8 Å². The molecule has 1 amide bonds. The zero-order valence-corrected chi connectivity index (χ0v) is 14.0. The molecule has 2 aliphatic heterocycles. The number of H-pyrrole nitrogens is 2.